The molecule has 6 nitrogen and oxygen atoms in total. The van der Waals surface area contributed by atoms with Gasteiger partial charge in [0.15, 0.2) is 11.6 Å². The molecule has 132 valence electrons. The Labute approximate surface area is 135 Å². The van der Waals surface area contributed by atoms with Crippen molar-refractivity contribution in [2.75, 3.05) is 0 Å². The van der Waals surface area contributed by atoms with Gasteiger partial charge in [-0.05, 0) is 34.1 Å². The molecule has 1 unspecified atom stereocenters. The van der Waals surface area contributed by atoms with Gasteiger partial charge in [0.2, 0.25) is 5.60 Å². The highest BCUT2D eigenvalue weighted by Crippen LogP contribution is 2.44. The number of hydrogen-bond donors (Lipinski definition) is 2. The van der Waals surface area contributed by atoms with E-state index in [1.54, 1.807) is 20.8 Å². The normalized spacial score (nSPS) is 20.5. The van der Waals surface area contributed by atoms with Gasteiger partial charge in [-0.2, -0.15) is 13.2 Å². The molecule has 0 aliphatic carbocycles. The van der Waals surface area contributed by atoms with Crippen LogP contribution in [0.1, 0.15) is 50.8 Å². The topological polar surface area (TPSA) is 84.3 Å². The fourth-order valence-electron chi connectivity index (χ4n) is 3.03. The van der Waals surface area contributed by atoms with Gasteiger partial charge in [0, 0.05) is 11.6 Å². The molecule has 0 amide bonds. The van der Waals surface area contributed by atoms with Gasteiger partial charge in [-0.15, -0.1) is 0 Å². The average molecular weight is 345 g/mol. The van der Waals surface area contributed by atoms with Crippen LogP contribution in [0.15, 0.2) is 10.7 Å². The molecule has 2 N–H and O–H groups in total. The van der Waals surface area contributed by atoms with E-state index in [2.05, 4.69) is 10.1 Å². The van der Waals surface area contributed by atoms with Gasteiger partial charge in [-0.3, -0.25) is 0 Å². The summed E-state index contributed by atoms with van der Waals surface area (Å²) < 4.78 is 46.1. The van der Waals surface area contributed by atoms with Crippen LogP contribution in [-0.2, 0) is 17.6 Å². The van der Waals surface area contributed by atoms with Gasteiger partial charge < -0.3 is 19.3 Å². The Hall–Kier alpha value is -1.87. The lowest BCUT2D eigenvalue weighted by atomic mass is 9.92. The van der Waals surface area contributed by atoms with Gasteiger partial charge in [0.25, 0.3) is 0 Å². The number of aromatic nitrogens is 3. The Morgan fingerprint density at radius 1 is 1.25 bits per heavy atom. The number of nitrogens with zero attached hydrogens (tertiary/aromatic N) is 3. The Morgan fingerprint density at radius 3 is 2.42 bits per heavy atom. The first-order chi connectivity index (χ1) is 10.9. The van der Waals surface area contributed by atoms with Crippen molar-refractivity contribution in [2.45, 2.75) is 57.5 Å². The molecule has 9 heteroatoms. The number of aliphatic hydroxyl groups is 2. The number of rotatable bonds is 2. The first kappa shape index (κ1) is 17.0. The highest BCUT2D eigenvalue weighted by atomic mass is 19.4. The molecule has 0 aromatic carbocycles. The first-order valence-corrected chi connectivity index (χ1v) is 7.44. The van der Waals surface area contributed by atoms with Crippen LogP contribution in [0.3, 0.4) is 0 Å². The van der Waals surface area contributed by atoms with Crippen LogP contribution in [-0.4, -0.2) is 31.1 Å². The zero-order chi connectivity index (χ0) is 18.1. The van der Waals surface area contributed by atoms with Crippen LogP contribution in [0.5, 0.6) is 0 Å². The van der Waals surface area contributed by atoms with Crippen molar-refractivity contribution < 1.29 is 27.9 Å². The average Bonchev–Trinajstić information content (AvgIpc) is 2.99. The predicted molar refractivity (Wildman–Crippen MR) is 77.0 cm³/mol. The van der Waals surface area contributed by atoms with Gasteiger partial charge in [0.1, 0.15) is 17.0 Å². The molecule has 0 saturated heterocycles. The molecular formula is C15H18F3N3O3. The number of hydrogen-bond acceptors (Lipinski definition) is 5. The fraction of sp³-hybridized carbons (Fsp3) is 0.600. The molecule has 0 radical (unpaired) electrons. The third-order valence-corrected chi connectivity index (χ3v) is 4.32. The van der Waals surface area contributed by atoms with Crippen molar-refractivity contribution in [1.29, 1.82) is 0 Å². The first-order valence-electron chi connectivity index (χ1n) is 7.44. The van der Waals surface area contributed by atoms with Crippen LogP contribution in [0.2, 0.25) is 0 Å². The number of imidazole rings is 1. The van der Waals surface area contributed by atoms with Crippen molar-refractivity contribution in [3.05, 3.63) is 23.3 Å². The Balaban J connectivity index is 2.19. The lowest BCUT2D eigenvalue weighted by Gasteiger charge is -2.31. The van der Waals surface area contributed by atoms with Crippen molar-refractivity contribution in [1.82, 2.24) is 14.7 Å². The third-order valence-electron chi connectivity index (χ3n) is 4.32. The van der Waals surface area contributed by atoms with E-state index in [1.165, 1.54) is 10.8 Å². The molecule has 0 saturated carbocycles. The molecule has 24 heavy (non-hydrogen) atoms. The van der Waals surface area contributed by atoms with Gasteiger partial charge in [-0.1, -0.05) is 5.16 Å². The smallest absolute Gasteiger partial charge is 0.384 e. The summed E-state index contributed by atoms with van der Waals surface area (Å²) in [5.74, 6) is -0.230. The van der Waals surface area contributed by atoms with Gasteiger partial charge in [0.05, 0.1) is 6.20 Å². The Morgan fingerprint density at radius 2 is 1.88 bits per heavy atom. The quantitative estimate of drug-likeness (QED) is 0.874. The monoisotopic (exact) mass is 345 g/mol. The molecular weight excluding hydrogens is 327 g/mol. The van der Waals surface area contributed by atoms with E-state index in [-0.39, 0.29) is 5.76 Å². The summed E-state index contributed by atoms with van der Waals surface area (Å²) >= 11 is 0. The van der Waals surface area contributed by atoms with Crippen LogP contribution in [0, 0.1) is 0 Å². The van der Waals surface area contributed by atoms with Gasteiger partial charge >= 0.3 is 6.18 Å². The number of fused-ring (bicyclic) bond motifs is 3. The second kappa shape index (κ2) is 4.82. The van der Waals surface area contributed by atoms with E-state index in [9.17, 15) is 23.4 Å². The van der Waals surface area contributed by atoms with Gasteiger partial charge in [-0.25, -0.2) is 4.98 Å². The summed E-state index contributed by atoms with van der Waals surface area (Å²) in [7, 11) is 0. The summed E-state index contributed by atoms with van der Waals surface area (Å²) in [6, 6.07) is -0.417. The van der Waals surface area contributed by atoms with Crippen LogP contribution in [0.4, 0.5) is 13.2 Å². The molecule has 2 aromatic rings. The van der Waals surface area contributed by atoms with Crippen LogP contribution >= 0.6 is 0 Å². The van der Waals surface area contributed by atoms with Crippen molar-refractivity contribution in [3.8, 4) is 11.5 Å². The van der Waals surface area contributed by atoms with E-state index in [1.807, 2.05) is 0 Å². The summed E-state index contributed by atoms with van der Waals surface area (Å²) in [5.41, 5.74) is -3.04. The van der Waals surface area contributed by atoms with Crippen LogP contribution < -0.4 is 0 Å². The van der Waals surface area contributed by atoms with Crippen LogP contribution in [0.25, 0.3) is 11.5 Å². The minimum Gasteiger partial charge on any atom is -0.384 e. The SMILES string of the molecule is C[C@H]1Cc2c(C(C)(C)O)noc2-c2cnc(C(C)(O)C(F)(F)F)n21. The molecule has 2 atom stereocenters. The molecule has 0 bridgehead atoms. The number of alkyl halides is 3. The summed E-state index contributed by atoms with van der Waals surface area (Å²) in [4.78, 5) is 3.80. The Bertz CT molecular complexity index is 784. The largest absolute Gasteiger partial charge is 0.424 e. The third kappa shape index (κ3) is 2.26. The zero-order valence-corrected chi connectivity index (χ0v) is 13.6. The molecule has 2 aromatic heterocycles. The maximum absolute atomic E-state index is 13.2. The Kier molecular flexibility index (Phi) is 3.41. The van der Waals surface area contributed by atoms with E-state index >= 15 is 0 Å². The second-order valence-corrected chi connectivity index (χ2v) is 6.86. The molecule has 0 spiro atoms. The maximum Gasteiger partial charge on any atom is 0.424 e. The van der Waals surface area contributed by atoms with E-state index in [4.69, 9.17) is 4.52 Å². The summed E-state index contributed by atoms with van der Waals surface area (Å²) in [6.45, 7) is 5.50. The lowest BCUT2D eigenvalue weighted by molar-refractivity contribution is -0.262. The maximum atomic E-state index is 13.2. The fourth-order valence-corrected chi connectivity index (χ4v) is 3.03. The predicted octanol–water partition coefficient (Wildman–Crippen LogP) is 2.65. The van der Waals surface area contributed by atoms with Crippen molar-refractivity contribution in [2.24, 2.45) is 0 Å². The number of halogens is 3. The molecule has 1 aliphatic heterocycles. The molecule has 1 aliphatic rings. The minimum absolute atomic E-state index is 0.266. The van der Waals surface area contributed by atoms with E-state index in [0.717, 1.165) is 0 Å². The van der Waals surface area contributed by atoms with E-state index < -0.39 is 29.2 Å². The van der Waals surface area contributed by atoms with Crippen molar-refractivity contribution >= 4 is 0 Å². The molecule has 0 fully saturated rings. The summed E-state index contributed by atoms with van der Waals surface area (Å²) in [5, 5.41) is 24.0. The second-order valence-electron chi connectivity index (χ2n) is 6.86. The standard InChI is InChI=1S/C15H18F3N3O3/c1-7-5-8-10(24-20-11(8)13(2,3)22)9-6-19-12(21(7)9)14(4,23)15(16,17)18/h6-7,22-23H,5H2,1-4H3/t7-,14?/m0/s1. The van der Waals surface area contributed by atoms with E-state index in [0.29, 0.717) is 30.3 Å². The summed E-state index contributed by atoms with van der Waals surface area (Å²) in [6.07, 6.45) is -3.33. The zero-order valence-electron chi connectivity index (χ0n) is 13.6. The highest BCUT2D eigenvalue weighted by Gasteiger charge is 2.55. The van der Waals surface area contributed by atoms with Crippen molar-refractivity contribution in [3.63, 3.8) is 0 Å². The minimum atomic E-state index is -4.87. The highest BCUT2D eigenvalue weighted by molar-refractivity contribution is 5.61. The molecule has 3 heterocycles. The molecule has 3 rings (SSSR count). The lowest BCUT2D eigenvalue weighted by Crippen LogP contribution is -2.42.